The molecule has 0 unspecified atom stereocenters. The lowest BCUT2D eigenvalue weighted by atomic mass is 9.94. The van der Waals surface area contributed by atoms with Crippen LogP contribution < -0.4 is 0 Å². The molecule has 4 nitrogen and oxygen atoms in total. The van der Waals surface area contributed by atoms with Crippen LogP contribution in [-0.4, -0.2) is 61.1 Å². The topological polar surface area (TPSA) is 32.8 Å². The number of likely N-dealkylation sites (tertiary alicyclic amines) is 1. The molecule has 0 bridgehead atoms. The van der Waals surface area contributed by atoms with Gasteiger partial charge in [0.15, 0.2) is 0 Å². The van der Waals surface area contributed by atoms with E-state index in [2.05, 4.69) is 22.8 Å². The van der Waals surface area contributed by atoms with Gasteiger partial charge in [0.05, 0.1) is 18.6 Å². The third-order valence-electron chi connectivity index (χ3n) is 5.91. The van der Waals surface area contributed by atoms with Crippen molar-refractivity contribution < 1.29 is 9.53 Å². The Morgan fingerprint density at radius 3 is 2.67 bits per heavy atom. The molecule has 5 heteroatoms. The van der Waals surface area contributed by atoms with Gasteiger partial charge < -0.3 is 9.64 Å². The average Bonchev–Trinajstić information content (AvgIpc) is 3.32. The highest BCUT2D eigenvalue weighted by Gasteiger charge is 2.54. The number of ether oxygens (including phenoxy) is 1. The van der Waals surface area contributed by atoms with Crippen LogP contribution in [0.15, 0.2) is 24.3 Å². The molecule has 1 aromatic rings. The lowest BCUT2D eigenvalue weighted by molar-refractivity contribution is -0.133. The van der Waals surface area contributed by atoms with Gasteiger partial charge in [-0.15, -0.1) is 0 Å². The second-order valence-electron chi connectivity index (χ2n) is 7.50. The zero-order valence-electron chi connectivity index (χ0n) is 14.2. The van der Waals surface area contributed by atoms with E-state index in [4.69, 9.17) is 16.3 Å². The molecule has 1 aliphatic carbocycles. The van der Waals surface area contributed by atoms with Crippen molar-refractivity contribution in [2.75, 3.05) is 39.4 Å². The number of rotatable bonds is 3. The van der Waals surface area contributed by atoms with Crippen LogP contribution >= 0.6 is 11.6 Å². The fraction of sp³-hybridized carbons (Fsp3) is 0.632. The third kappa shape index (κ3) is 2.85. The minimum absolute atomic E-state index is 0.298. The number of nitrogens with zero attached hydrogens (tertiary/aromatic N) is 2. The normalized spacial score (nSPS) is 29.7. The standard InChI is InChI=1S/C19H25ClN2O2/c1-14-12-22(13-17(14)21-7-9-24-10-8-21)18(23)19(5-6-19)15-3-2-4-16(20)11-15/h2-4,11,14,17H,5-10,12-13H2,1H3/t14-,17+/m0/s1. The summed E-state index contributed by atoms with van der Waals surface area (Å²) in [5.74, 6) is 0.814. The van der Waals surface area contributed by atoms with Crippen LogP contribution in [0.3, 0.4) is 0 Å². The van der Waals surface area contributed by atoms with Crippen LogP contribution in [0.1, 0.15) is 25.3 Å². The fourth-order valence-electron chi connectivity index (χ4n) is 4.34. The average molecular weight is 349 g/mol. The van der Waals surface area contributed by atoms with Gasteiger partial charge in [-0.25, -0.2) is 0 Å². The van der Waals surface area contributed by atoms with E-state index in [1.54, 1.807) is 0 Å². The summed E-state index contributed by atoms with van der Waals surface area (Å²) >= 11 is 6.15. The summed E-state index contributed by atoms with van der Waals surface area (Å²) in [4.78, 5) is 17.9. The fourth-order valence-corrected chi connectivity index (χ4v) is 4.53. The van der Waals surface area contributed by atoms with E-state index in [0.29, 0.717) is 22.9 Å². The number of carbonyl (C=O) groups is 1. The minimum atomic E-state index is -0.315. The van der Waals surface area contributed by atoms with Gasteiger partial charge in [0.1, 0.15) is 0 Å². The SMILES string of the molecule is C[C@H]1CN(C(=O)C2(c3cccc(Cl)c3)CC2)C[C@H]1N1CCOCC1. The van der Waals surface area contributed by atoms with E-state index in [1.165, 1.54) is 0 Å². The maximum atomic E-state index is 13.3. The molecular weight excluding hydrogens is 324 g/mol. The number of morpholine rings is 1. The number of hydrogen-bond acceptors (Lipinski definition) is 3. The van der Waals surface area contributed by atoms with Crippen molar-refractivity contribution in [3.8, 4) is 0 Å². The van der Waals surface area contributed by atoms with Gasteiger partial charge in [0.25, 0.3) is 0 Å². The first-order valence-electron chi connectivity index (χ1n) is 8.97. The molecule has 1 amide bonds. The monoisotopic (exact) mass is 348 g/mol. The number of benzene rings is 1. The van der Waals surface area contributed by atoms with Crippen molar-refractivity contribution >= 4 is 17.5 Å². The maximum Gasteiger partial charge on any atom is 0.233 e. The molecular formula is C19H25ClN2O2. The summed E-state index contributed by atoms with van der Waals surface area (Å²) in [5.41, 5.74) is 0.771. The predicted molar refractivity (Wildman–Crippen MR) is 94.3 cm³/mol. The molecule has 0 aromatic heterocycles. The lowest BCUT2D eigenvalue weighted by Gasteiger charge is -2.34. The Morgan fingerprint density at radius 1 is 1.25 bits per heavy atom. The Morgan fingerprint density at radius 2 is 2.00 bits per heavy atom. The Hall–Kier alpha value is -1.10. The maximum absolute atomic E-state index is 13.3. The molecule has 1 aromatic carbocycles. The summed E-state index contributed by atoms with van der Waals surface area (Å²) in [6.07, 6.45) is 1.89. The second-order valence-corrected chi connectivity index (χ2v) is 7.93. The van der Waals surface area contributed by atoms with Gasteiger partial charge in [0.2, 0.25) is 5.91 Å². The number of carbonyl (C=O) groups excluding carboxylic acids is 1. The van der Waals surface area contributed by atoms with Crippen molar-refractivity contribution in [3.05, 3.63) is 34.9 Å². The molecule has 2 atom stereocenters. The summed E-state index contributed by atoms with van der Waals surface area (Å²) in [5, 5.41) is 0.715. The van der Waals surface area contributed by atoms with E-state index in [0.717, 1.165) is 57.8 Å². The van der Waals surface area contributed by atoms with E-state index < -0.39 is 0 Å². The van der Waals surface area contributed by atoms with Gasteiger partial charge in [0, 0.05) is 37.2 Å². The highest BCUT2D eigenvalue weighted by atomic mass is 35.5. The molecule has 3 aliphatic rings. The molecule has 130 valence electrons. The van der Waals surface area contributed by atoms with Crippen molar-refractivity contribution in [3.63, 3.8) is 0 Å². The Bertz CT molecular complexity index is 626. The zero-order chi connectivity index (χ0) is 16.7. The summed E-state index contributed by atoms with van der Waals surface area (Å²) in [6.45, 7) is 7.57. The highest BCUT2D eigenvalue weighted by Crippen LogP contribution is 2.50. The smallest absolute Gasteiger partial charge is 0.233 e. The van der Waals surface area contributed by atoms with Gasteiger partial charge in [-0.3, -0.25) is 9.69 Å². The zero-order valence-corrected chi connectivity index (χ0v) is 15.0. The summed E-state index contributed by atoms with van der Waals surface area (Å²) < 4.78 is 5.47. The predicted octanol–water partition coefficient (Wildman–Crippen LogP) is 2.55. The van der Waals surface area contributed by atoms with Gasteiger partial charge in [-0.2, -0.15) is 0 Å². The quantitative estimate of drug-likeness (QED) is 0.841. The first kappa shape index (κ1) is 16.4. The molecule has 1 saturated carbocycles. The van der Waals surface area contributed by atoms with Gasteiger partial charge in [-0.05, 0) is 36.5 Å². The lowest BCUT2D eigenvalue weighted by Crippen LogP contribution is -2.47. The van der Waals surface area contributed by atoms with Crippen molar-refractivity contribution in [1.82, 2.24) is 9.80 Å². The largest absolute Gasteiger partial charge is 0.379 e. The van der Waals surface area contributed by atoms with Crippen LogP contribution in [0.5, 0.6) is 0 Å². The van der Waals surface area contributed by atoms with Crippen LogP contribution in [0.25, 0.3) is 0 Å². The van der Waals surface area contributed by atoms with Crippen LogP contribution in [0.2, 0.25) is 5.02 Å². The van der Waals surface area contributed by atoms with E-state index in [9.17, 15) is 4.79 Å². The van der Waals surface area contributed by atoms with Crippen molar-refractivity contribution in [2.45, 2.75) is 31.2 Å². The summed E-state index contributed by atoms with van der Waals surface area (Å²) in [7, 11) is 0. The third-order valence-corrected chi connectivity index (χ3v) is 6.15. The number of amides is 1. The van der Waals surface area contributed by atoms with Gasteiger partial charge >= 0.3 is 0 Å². The van der Waals surface area contributed by atoms with Crippen LogP contribution in [0, 0.1) is 5.92 Å². The first-order chi connectivity index (χ1) is 11.6. The highest BCUT2D eigenvalue weighted by molar-refractivity contribution is 6.30. The van der Waals surface area contributed by atoms with Crippen molar-refractivity contribution in [2.24, 2.45) is 5.92 Å². The van der Waals surface area contributed by atoms with Crippen LogP contribution in [-0.2, 0) is 14.9 Å². The molecule has 0 N–H and O–H groups in total. The minimum Gasteiger partial charge on any atom is -0.379 e. The van der Waals surface area contributed by atoms with Gasteiger partial charge in [-0.1, -0.05) is 30.7 Å². The van der Waals surface area contributed by atoms with Crippen LogP contribution in [0.4, 0.5) is 0 Å². The Labute approximate surface area is 148 Å². The van der Waals surface area contributed by atoms with E-state index >= 15 is 0 Å². The van der Waals surface area contributed by atoms with Crippen molar-refractivity contribution in [1.29, 1.82) is 0 Å². The molecule has 3 fully saturated rings. The second kappa shape index (κ2) is 6.32. The molecule has 0 radical (unpaired) electrons. The number of hydrogen-bond donors (Lipinski definition) is 0. The molecule has 2 aliphatic heterocycles. The number of halogens is 1. The van der Waals surface area contributed by atoms with E-state index in [1.807, 2.05) is 18.2 Å². The molecule has 24 heavy (non-hydrogen) atoms. The Kier molecular flexibility index (Phi) is 4.31. The molecule has 2 heterocycles. The molecule has 0 spiro atoms. The molecule has 4 rings (SSSR count). The molecule has 2 saturated heterocycles. The first-order valence-corrected chi connectivity index (χ1v) is 9.35. The Balaban J connectivity index is 1.49. The van der Waals surface area contributed by atoms with E-state index in [-0.39, 0.29) is 5.41 Å². The summed E-state index contributed by atoms with van der Waals surface area (Å²) in [6, 6.07) is 8.31.